The van der Waals surface area contributed by atoms with Gasteiger partial charge >= 0.3 is 5.82 Å². The molecule has 0 bridgehead atoms. The minimum absolute atomic E-state index is 0.358. The molecule has 0 aliphatic rings. The number of hydrogen-bond donors (Lipinski definition) is 0. The lowest BCUT2D eigenvalue weighted by Crippen LogP contribution is -1.83. The molecule has 62 valence electrons. The van der Waals surface area contributed by atoms with Crippen LogP contribution >= 0.6 is 0 Å². The summed E-state index contributed by atoms with van der Waals surface area (Å²) in [6, 6.07) is 3.69. The van der Waals surface area contributed by atoms with E-state index in [-0.39, 0.29) is 0 Å². The zero-order chi connectivity index (χ0) is 9.23. The van der Waals surface area contributed by atoms with Crippen molar-refractivity contribution in [2.75, 3.05) is 0 Å². The van der Waals surface area contributed by atoms with Crippen molar-refractivity contribution in [3.8, 4) is 12.1 Å². The fourth-order valence-electron chi connectivity index (χ4n) is 0.306. The van der Waals surface area contributed by atoms with Crippen LogP contribution in [0.15, 0.2) is 26.2 Å². The summed E-state index contributed by atoms with van der Waals surface area (Å²) < 4.78 is 8.22. The summed E-state index contributed by atoms with van der Waals surface area (Å²) in [5, 5.41) is 15.6. The highest BCUT2D eigenvalue weighted by atomic mass is 16.5. The van der Waals surface area contributed by atoms with Crippen LogP contribution in [0.1, 0.15) is 12.8 Å². The summed E-state index contributed by atoms with van der Waals surface area (Å²) in [7, 11) is 0. The molecule has 1 heterocycles. The molecule has 0 saturated heterocycles. The van der Waals surface area contributed by atoms with Crippen LogP contribution in [-0.4, -0.2) is 0 Å². The molecule has 0 spiro atoms. The highest BCUT2D eigenvalue weighted by molar-refractivity contribution is 4.78. The minimum atomic E-state index is -0.657. The van der Waals surface area contributed by atoms with E-state index in [1.807, 2.05) is 12.1 Å². The fourth-order valence-corrected chi connectivity index (χ4v) is 0.306. The summed E-state index contributed by atoms with van der Waals surface area (Å²) in [6.45, 7) is 0. The van der Waals surface area contributed by atoms with Crippen molar-refractivity contribution in [1.82, 2.24) is 0 Å². The summed E-state index contributed by atoms with van der Waals surface area (Å²) in [6.07, 6.45) is 3.08. The van der Waals surface area contributed by atoms with E-state index in [0.29, 0.717) is 12.8 Å². The molecule has 1 rings (SSSR count). The minimum Gasteiger partial charge on any atom is -0.399 e. The first-order valence-electron chi connectivity index (χ1n) is 3.07. The van der Waals surface area contributed by atoms with E-state index < -0.39 is 5.82 Å². The van der Waals surface area contributed by atoms with Crippen LogP contribution < -0.4 is 5.82 Å². The molecule has 0 radical (unpaired) electrons. The van der Waals surface area contributed by atoms with Gasteiger partial charge in [-0.1, -0.05) is 0 Å². The van der Waals surface area contributed by atoms with Crippen molar-refractivity contribution >= 4 is 0 Å². The van der Waals surface area contributed by atoms with E-state index in [2.05, 4.69) is 8.83 Å². The van der Waals surface area contributed by atoms with Crippen molar-refractivity contribution in [3.63, 3.8) is 0 Å². The van der Waals surface area contributed by atoms with Gasteiger partial charge in [0, 0.05) is 12.8 Å². The maximum Gasteiger partial charge on any atom is 0.518 e. The largest absolute Gasteiger partial charge is 0.518 e. The van der Waals surface area contributed by atoms with Crippen LogP contribution in [0.2, 0.25) is 0 Å². The predicted octanol–water partition coefficient (Wildman–Crippen LogP) is 1.05. The predicted molar refractivity (Wildman–Crippen MR) is 37.7 cm³/mol. The van der Waals surface area contributed by atoms with Crippen LogP contribution in [0.25, 0.3) is 0 Å². The second-order valence-electron chi connectivity index (χ2n) is 1.57. The van der Waals surface area contributed by atoms with Crippen LogP contribution in [0, 0.1) is 22.7 Å². The second-order valence-corrected chi connectivity index (χ2v) is 1.57. The van der Waals surface area contributed by atoms with Gasteiger partial charge in [0.25, 0.3) is 0 Å². The summed E-state index contributed by atoms with van der Waals surface area (Å²) in [5.74, 6) is -0.657. The number of hydrogen-bond acceptors (Lipinski definition) is 5. The first-order valence-corrected chi connectivity index (χ1v) is 3.07. The third kappa shape index (κ3) is 6.12. The number of rotatable bonds is 1. The highest BCUT2D eigenvalue weighted by Crippen LogP contribution is 1.78. The molecular formula is C7H6N2O3. The highest BCUT2D eigenvalue weighted by Gasteiger charge is 1.77. The molecule has 1 aromatic rings. The van der Waals surface area contributed by atoms with Gasteiger partial charge in [-0.3, -0.25) is 0 Å². The van der Waals surface area contributed by atoms with Crippen LogP contribution in [0.4, 0.5) is 0 Å². The van der Waals surface area contributed by atoms with E-state index in [0.717, 1.165) is 0 Å². The van der Waals surface area contributed by atoms with Crippen molar-refractivity contribution in [2.45, 2.75) is 12.8 Å². The van der Waals surface area contributed by atoms with Gasteiger partial charge in [-0.15, -0.1) is 0 Å². The van der Waals surface area contributed by atoms with Gasteiger partial charge < -0.3 is 8.83 Å². The Hall–Kier alpha value is -2.01. The molecule has 12 heavy (non-hydrogen) atoms. The summed E-state index contributed by atoms with van der Waals surface area (Å²) >= 11 is 0. The molecule has 0 aliphatic heterocycles. The molecule has 1 aromatic heterocycles. The number of nitrogens with zero attached hydrogens (tertiary/aromatic N) is 2. The molecule has 5 nitrogen and oxygen atoms in total. The Morgan fingerprint density at radius 3 is 1.75 bits per heavy atom. The van der Waals surface area contributed by atoms with Gasteiger partial charge in [0.05, 0.1) is 12.1 Å². The van der Waals surface area contributed by atoms with Crippen LogP contribution in [0.5, 0.6) is 0 Å². The smallest absolute Gasteiger partial charge is 0.399 e. The lowest BCUT2D eigenvalue weighted by atomic mass is 10.4. The third-order valence-electron chi connectivity index (χ3n) is 0.733. The van der Waals surface area contributed by atoms with E-state index in [9.17, 15) is 4.79 Å². The molecule has 0 saturated carbocycles. The molecule has 0 unspecified atom stereocenters. The van der Waals surface area contributed by atoms with Crippen molar-refractivity contribution in [2.24, 2.45) is 0 Å². The van der Waals surface area contributed by atoms with Crippen molar-refractivity contribution < 1.29 is 8.83 Å². The third-order valence-corrected chi connectivity index (χ3v) is 0.733. The van der Waals surface area contributed by atoms with E-state index in [4.69, 9.17) is 10.5 Å². The molecule has 0 aromatic carbocycles. The number of unbranched alkanes of at least 4 members (excludes halogenated alkanes) is 1. The molecule has 0 fully saturated rings. The monoisotopic (exact) mass is 166 g/mol. The summed E-state index contributed by atoms with van der Waals surface area (Å²) in [4.78, 5) is 9.74. The topological polar surface area (TPSA) is 90.9 Å². The van der Waals surface area contributed by atoms with Crippen LogP contribution in [-0.2, 0) is 0 Å². The average Bonchev–Trinajstić information content (AvgIpc) is 2.53. The zero-order valence-electron chi connectivity index (χ0n) is 6.19. The Bertz CT molecular complexity index is 295. The molecule has 5 heteroatoms. The normalized spacial score (nSPS) is 7.17. The lowest BCUT2D eigenvalue weighted by molar-refractivity contribution is 0.385. The molecule has 0 atom stereocenters. The molecule has 0 aliphatic carbocycles. The fraction of sp³-hybridized carbons (Fsp3) is 0.286. The van der Waals surface area contributed by atoms with Crippen LogP contribution in [0.3, 0.4) is 0 Å². The number of nitriles is 2. The Morgan fingerprint density at radius 1 is 1.17 bits per heavy atom. The maximum absolute atomic E-state index is 9.74. The Labute approximate surface area is 68.4 Å². The Kier molecular flexibility index (Phi) is 5.91. The SMILES string of the molecule is N#CCCC#N.O=c1occo1. The zero-order valence-corrected chi connectivity index (χ0v) is 6.19. The standard InChI is InChI=1S/C4H4N2.C3H2O3/c5-3-1-2-4-6;4-3-5-1-2-6-3/h1-2H2;1-2H. The van der Waals surface area contributed by atoms with Crippen molar-refractivity contribution in [1.29, 1.82) is 10.5 Å². The van der Waals surface area contributed by atoms with E-state index >= 15 is 0 Å². The molecule has 0 N–H and O–H groups in total. The first-order chi connectivity index (χ1) is 5.81. The van der Waals surface area contributed by atoms with E-state index in [1.54, 1.807) is 0 Å². The Balaban J connectivity index is 0.000000202. The van der Waals surface area contributed by atoms with Gasteiger partial charge in [0.15, 0.2) is 0 Å². The lowest BCUT2D eigenvalue weighted by Gasteiger charge is -1.63. The van der Waals surface area contributed by atoms with Gasteiger partial charge in [0.1, 0.15) is 12.5 Å². The Morgan fingerprint density at radius 2 is 1.58 bits per heavy atom. The van der Waals surface area contributed by atoms with Gasteiger partial charge in [-0.25, -0.2) is 4.79 Å². The second kappa shape index (κ2) is 7.10. The maximum atomic E-state index is 9.74. The van der Waals surface area contributed by atoms with Gasteiger partial charge in [-0.2, -0.15) is 10.5 Å². The quantitative estimate of drug-likeness (QED) is 0.581. The van der Waals surface area contributed by atoms with Gasteiger partial charge in [0.2, 0.25) is 0 Å². The van der Waals surface area contributed by atoms with E-state index in [1.165, 1.54) is 12.5 Å². The average molecular weight is 166 g/mol. The summed E-state index contributed by atoms with van der Waals surface area (Å²) in [5.41, 5.74) is 0. The van der Waals surface area contributed by atoms with Crippen molar-refractivity contribution in [3.05, 3.63) is 23.1 Å². The molecule has 0 amide bonds. The first kappa shape index (κ1) is 9.99. The molecular weight excluding hydrogens is 160 g/mol. The van der Waals surface area contributed by atoms with Gasteiger partial charge in [-0.05, 0) is 0 Å².